The van der Waals surface area contributed by atoms with Crippen LogP contribution in [-0.4, -0.2) is 28.1 Å². The van der Waals surface area contributed by atoms with E-state index in [0.29, 0.717) is 0 Å². The number of hydrogen-bond donors (Lipinski definition) is 2. The van der Waals surface area contributed by atoms with Crippen molar-refractivity contribution in [3.8, 4) is 0 Å². The number of halogens is 3. The summed E-state index contributed by atoms with van der Waals surface area (Å²) in [7, 11) is 0. The van der Waals surface area contributed by atoms with Crippen LogP contribution in [0.2, 0.25) is 0 Å². The second-order valence-corrected chi connectivity index (χ2v) is 5.32. The van der Waals surface area contributed by atoms with E-state index in [4.69, 9.17) is 5.11 Å². The molecule has 0 spiro atoms. The predicted octanol–water partition coefficient (Wildman–Crippen LogP) is 2.62. The Kier molecular flexibility index (Phi) is 3.19. The lowest BCUT2D eigenvalue weighted by Gasteiger charge is -2.48. The minimum atomic E-state index is -2.94. The average Bonchev–Trinajstić information content (AvgIpc) is 2.25. The molecule has 7 heteroatoms. The van der Waals surface area contributed by atoms with Gasteiger partial charge in [-0.25, -0.2) is 18.0 Å². The molecule has 1 saturated carbocycles. The second kappa shape index (κ2) is 4.36. The highest BCUT2D eigenvalue weighted by atomic mass is 19.3. The summed E-state index contributed by atoms with van der Waals surface area (Å²) >= 11 is 0. The molecule has 110 valence electrons. The zero-order chi connectivity index (χ0) is 15.3. The normalized spacial score (nSPS) is 32.9. The standard InChI is InChI=1S/C13H13F3O4/c1-6-9(10(17)18)8(14)2-3-13(6,11(19)20)7-4-12(15,16)5-7/h2-3,6-7H,4-5H2,1H3,(H,17,18)(H,19,20). The Labute approximate surface area is 112 Å². The summed E-state index contributed by atoms with van der Waals surface area (Å²) in [5.41, 5.74) is -2.48. The maximum absolute atomic E-state index is 13.6. The minimum absolute atomic E-state index is 0.636. The van der Waals surface area contributed by atoms with Gasteiger partial charge in [0.2, 0.25) is 5.92 Å². The van der Waals surface area contributed by atoms with Gasteiger partial charge in [-0.1, -0.05) is 13.0 Å². The molecule has 2 rings (SSSR count). The molecule has 2 aliphatic carbocycles. The van der Waals surface area contributed by atoms with E-state index in [1.807, 2.05) is 0 Å². The molecule has 0 aromatic carbocycles. The molecule has 0 aromatic heterocycles. The molecule has 0 amide bonds. The third-order valence-electron chi connectivity index (χ3n) is 4.28. The molecule has 0 radical (unpaired) electrons. The van der Waals surface area contributed by atoms with Crippen molar-refractivity contribution in [2.75, 3.05) is 0 Å². The second-order valence-electron chi connectivity index (χ2n) is 5.32. The monoisotopic (exact) mass is 290 g/mol. The fourth-order valence-corrected chi connectivity index (χ4v) is 3.10. The van der Waals surface area contributed by atoms with Crippen LogP contribution in [-0.2, 0) is 9.59 Å². The van der Waals surface area contributed by atoms with Gasteiger partial charge >= 0.3 is 11.9 Å². The van der Waals surface area contributed by atoms with Gasteiger partial charge in [0.05, 0.1) is 11.0 Å². The summed E-state index contributed by atoms with van der Waals surface area (Å²) in [6, 6.07) is 0. The van der Waals surface area contributed by atoms with Gasteiger partial charge in [-0.2, -0.15) is 0 Å². The van der Waals surface area contributed by atoms with Crippen LogP contribution in [0.3, 0.4) is 0 Å². The quantitative estimate of drug-likeness (QED) is 0.838. The van der Waals surface area contributed by atoms with Gasteiger partial charge in [-0.3, -0.25) is 4.79 Å². The molecule has 0 heterocycles. The predicted molar refractivity (Wildman–Crippen MR) is 61.8 cm³/mol. The van der Waals surface area contributed by atoms with E-state index < -0.39 is 59.4 Å². The largest absolute Gasteiger partial charge is 0.481 e. The van der Waals surface area contributed by atoms with Crippen molar-refractivity contribution in [1.82, 2.24) is 0 Å². The number of carboxylic acids is 2. The first-order valence-corrected chi connectivity index (χ1v) is 6.05. The molecule has 0 bridgehead atoms. The van der Waals surface area contributed by atoms with Gasteiger partial charge in [0, 0.05) is 18.8 Å². The van der Waals surface area contributed by atoms with Crippen molar-refractivity contribution in [1.29, 1.82) is 0 Å². The number of rotatable bonds is 3. The summed E-state index contributed by atoms with van der Waals surface area (Å²) < 4.78 is 39.6. The van der Waals surface area contributed by atoms with Crippen molar-refractivity contribution >= 4 is 11.9 Å². The zero-order valence-corrected chi connectivity index (χ0v) is 10.6. The minimum Gasteiger partial charge on any atom is -0.481 e. The van der Waals surface area contributed by atoms with Crippen molar-refractivity contribution < 1.29 is 33.0 Å². The molecule has 1 fully saturated rings. The van der Waals surface area contributed by atoms with Gasteiger partial charge in [0.25, 0.3) is 0 Å². The Hall–Kier alpha value is -1.79. The molecule has 4 nitrogen and oxygen atoms in total. The first-order valence-electron chi connectivity index (χ1n) is 6.05. The van der Waals surface area contributed by atoms with Crippen LogP contribution >= 0.6 is 0 Å². The molecular formula is C13H13F3O4. The summed E-state index contributed by atoms with van der Waals surface area (Å²) in [6.07, 6.45) is 0.501. The lowest BCUT2D eigenvalue weighted by molar-refractivity contribution is -0.175. The number of hydrogen-bond acceptors (Lipinski definition) is 2. The number of carbonyl (C=O) groups is 2. The van der Waals surface area contributed by atoms with Crippen LogP contribution in [0.15, 0.2) is 23.6 Å². The highest BCUT2D eigenvalue weighted by Gasteiger charge is 2.61. The fraction of sp³-hybridized carbons (Fsp3) is 0.538. The molecule has 2 aliphatic rings. The van der Waals surface area contributed by atoms with E-state index in [1.54, 1.807) is 0 Å². The number of aliphatic carboxylic acids is 2. The third kappa shape index (κ3) is 1.92. The summed E-state index contributed by atoms with van der Waals surface area (Å²) in [5, 5.41) is 18.4. The summed E-state index contributed by atoms with van der Waals surface area (Å²) in [6.45, 7) is 1.25. The van der Waals surface area contributed by atoms with Crippen LogP contribution < -0.4 is 0 Å². The molecule has 2 N–H and O–H groups in total. The van der Waals surface area contributed by atoms with Crippen LogP contribution in [0.5, 0.6) is 0 Å². The molecule has 20 heavy (non-hydrogen) atoms. The van der Waals surface area contributed by atoms with Crippen LogP contribution in [0, 0.1) is 17.3 Å². The van der Waals surface area contributed by atoms with Crippen molar-refractivity contribution in [3.05, 3.63) is 23.6 Å². The fourth-order valence-electron chi connectivity index (χ4n) is 3.10. The molecule has 2 atom stereocenters. The third-order valence-corrected chi connectivity index (χ3v) is 4.28. The highest BCUT2D eigenvalue weighted by Crippen LogP contribution is 2.57. The first kappa shape index (κ1) is 14.6. The maximum atomic E-state index is 13.6. The lowest BCUT2D eigenvalue weighted by atomic mass is 9.55. The summed E-state index contributed by atoms with van der Waals surface area (Å²) in [5.74, 6) is -9.09. The Bertz CT molecular complexity index is 530. The van der Waals surface area contributed by atoms with E-state index >= 15 is 0 Å². The summed E-state index contributed by atoms with van der Waals surface area (Å²) in [4.78, 5) is 22.6. The molecule has 0 saturated heterocycles. The van der Waals surface area contributed by atoms with Crippen LogP contribution in [0.4, 0.5) is 13.2 Å². The van der Waals surface area contributed by atoms with Crippen molar-refractivity contribution in [2.45, 2.75) is 25.7 Å². The van der Waals surface area contributed by atoms with E-state index in [1.165, 1.54) is 6.92 Å². The average molecular weight is 290 g/mol. The van der Waals surface area contributed by atoms with Crippen molar-refractivity contribution in [2.24, 2.45) is 17.3 Å². The van der Waals surface area contributed by atoms with Crippen LogP contribution in [0.1, 0.15) is 19.8 Å². The topological polar surface area (TPSA) is 74.6 Å². The molecule has 0 aromatic rings. The first-order chi connectivity index (χ1) is 9.12. The number of allylic oxidation sites excluding steroid dienone is 2. The Balaban J connectivity index is 2.44. The van der Waals surface area contributed by atoms with Crippen LogP contribution in [0.25, 0.3) is 0 Å². The molecular weight excluding hydrogens is 277 g/mol. The van der Waals surface area contributed by atoms with Gasteiger partial charge in [-0.05, 0) is 12.0 Å². The zero-order valence-electron chi connectivity index (χ0n) is 10.6. The Morgan fingerprint density at radius 3 is 2.25 bits per heavy atom. The van der Waals surface area contributed by atoms with E-state index in [-0.39, 0.29) is 0 Å². The van der Waals surface area contributed by atoms with Gasteiger partial charge in [-0.15, -0.1) is 0 Å². The van der Waals surface area contributed by atoms with E-state index in [0.717, 1.165) is 12.2 Å². The maximum Gasteiger partial charge on any atom is 0.334 e. The van der Waals surface area contributed by atoms with Gasteiger partial charge in [0.15, 0.2) is 0 Å². The van der Waals surface area contributed by atoms with Gasteiger partial charge < -0.3 is 10.2 Å². The number of alkyl halides is 2. The lowest BCUT2D eigenvalue weighted by Crippen LogP contribution is -2.53. The highest BCUT2D eigenvalue weighted by molar-refractivity contribution is 5.92. The molecule has 0 aliphatic heterocycles. The molecule has 2 unspecified atom stereocenters. The SMILES string of the molecule is CC1C(C(=O)O)=C(F)C=CC1(C(=O)O)C1CC(F)(F)C1. The van der Waals surface area contributed by atoms with E-state index in [2.05, 4.69) is 0 Å². The smallest absolute Gasteiger partial charge is 0.334 e. The Morgan fingerprint density at radius 1 is 1.30 bits per heavy atom. The van der Waals surface area contributed by atoms with E-state index in [9.17, 15) is 27.9 Å². The number of carboxylic acid groups (broad SMARTS) is 2. The van der Waals surface area contributed by atoms with Gasteiger partial charge in [0.1, 0.15) is 5.83 Å². The Morgan fingerprint density at radius 2 is 1.85 bits per heavy atom. The van der Waals surface area contributed by atoms with Crippen molar-refractivity contribution in [3.63, 3.8) is 0 Å².